The fourth-order valence-corrected chi connectivity index (χ4v) is 3.21. The number of hydrogen-bond acceptors (Lipinski definition) is 4. The summed E-state index contributed by atoms with van der Waals surface area (Å²) in [5, 5.41) is 0.404. The zero-order valence-corrected chi connectivity index (χ0v) is 15.6. The molecule has 0 spiro atoms. The summed E-state index contributed by atoms with van der Waals surface area (Å²) in [6.45, 7) is 0.383. The molecule has 0 saturated carbocycles. The molecule has 0 unspecified atom stereocenters. The van der Waals surface area contributed by atoms with Gasteiger partial charge in [-0.15, -0.1) is 0 Å². The van der Waals surface area contributed by atoms with Crippen LogP contribution in [-0.4, -0.2) is 15.5 Å². The Bertz CT molecular complexity index is 1280. The van der Waals surface area contributed by atoms with Gasteiger partial charge in [0.1, 0.15) is 12.4 Å². The number of para-hydroxylation sites is 1. The van der Waals surface area contributed by atoms with Gasteiger partial charge >= 0.3 is 0 Å². The van der Waals surface area contributed by atoms with Crippen molar-refractivity contribution in [2.45, 2.75) is 6.61 Å². The molecule has 1 N–H and O–H groups in total. The van der Waals surface area contributed by atoms with E-state index in [4.69, 9.17) is 17.0 Å². The summed E-state index contributed by atoms with van der Waals surface area (Å²) < 4.78 is 6.82. The zero-order chi connectivity index (χ0) is 19.5. The van der Waals surface area contributed by atoms with E-state index in [1.54, 1.807) is 48.5 Å². The fourth-order valence-electron chi connectivity index (χ4n) is 2.94. The molecule has 6 heteroatoms. The topological polar surface area (TPSA) is 64.1 Å². The maximum atomic E-state index is 13.0. The molecular formula is C22H16N2O3S. The van der Waals surface area contributed by atoms with E-state index in [0.29, 0.717) is 28.8 Å². The highest BCUT2D eigenvalue weighted by Gasteiger charge is 2.15. The number of nitrogens with zero attached hydrogens (tertiary/aromatic N) is 1. The van der Waals surface area contributed by atoms with Gasteiger partial charge in [-0.1, -0.05) is 48.5 Å². The summed E-state index contributed by atoms with van der Waals surface area (Å²) in [6, 6.07) is 23.4. The van der Waals surface area contributed by atoms with E-state index in [1.165, 1.54) is 0 Å². The lowest BCUT2D eigenvalue weighted by Gasteiger charge is -2.10. The predicted molar refractivity (Wildman–Crippen MR) is 110 cm³/mol. The number of hydrogen-bond donors (Lipinski definition) is 1. The van der Waals surface area contributed by atoms with E-state index in [9.17, 15) is 9.59 Å². The Morgan fingerprint density at radius 3 is 2.54 bits per heavy atom. The summed E-state index contributed by atoms with van der Waals surface area (Å²) in [5.74, 6) is 0.0422. The minimum Gasteiger partial charge on any atom is -0.489 e. The maximum absolute atomic E-state index is 13.0. The maximum Gasteiger partial charge on any atom is 0.269 e. The molecule has 0 saturated heterocycles. The molecule has 5 nitrogen and oxygen atoms in total. The molecule has 1 aromatic heterocycles. The van der Waals surface area contributed by atoms with Gasteiger partial charge in [-0.25, -0.2) is 4.57 Å². The number of carbonyl (C=O) groups excluding carboxylic acids is 1. The van der Waals surface area contributed by atoms with E-state index in [-0.39, 0.29) is 4.77 Å². The number of aromatic nitrogens is 2. The van der Waals surface area contributed by atoms with Gasteiger partial charge < -0.3 is 9.72 Å². The van der Waals surface area contributed by atoms with Crippen molar-refractivity contribution in [3.8, 4) is 5.75 Å². The van der Waals surface area contributed by atoms with Crippen LogP contribution in [0.3, 0.4) is 0 Å². The third-order valence-corrected chi connectivity index (χ3v) is 4.62. The Hall–Kier alpha value is -3.51. The van der Waals surface area contributed by atoms with Crippen LogP contribution in [0.5, 0.6) is 5.75 Å². The van der Waals surface area contributed by atoms with Gasteiger partial charge in [-0.3, -0.25) is 9.59 Å². The van der Waals surface area contributed by atoms with E-state index in [1.807, 2.05) is 30.3 Å². The highest BCUT2D eigenvalue weighted by Crippen LogP contribution is 2.16. The Morgan fingerprint density at radius 2 is 1.71 bits per heavy atom. The molecule has 4 aromatic rings. The first kappa shape index (κ1) is 17.9. The molecule has 0 radical (unpaired) electrons. The standard InChI is InChI=1S/C22H16N2O3S/c25-20(24-21(26)18-11-4-5-12-19(18)23-22(24)28)16-9-6-10-17(13-16)27-14-15-7-2-1-3-8-15/h1-13H,14H2,(H,23,28). The lowest BCUT2D eigenvalue weighted by atomic mass is 10.2. The SMILES string of the molecule is O=C(c1cccc(OCc2ccccc2)c1)n1c(=S)[nH]c2ccccc2c1=O. The molecule has 28 heavy (non-hydrogen) atoms. The van der Waals surface area contributed by atoms with E-state index >= 15 is 0 Å². The summed E-state index contributed by atoms with van der Waals surface area (Å²) >= 11 is 5.25. The highest BCUT2D eigenvalue weighted by molar-refractivity contribution is 7.71. The number of rotatable bonds is 4. The molecule has 0 aliphatic carbocycles. The van der Waals surface area contributed by atoms with Crippen LogP contribution in [0.25, 0.3) is 10.9 Å². The first-order valence-corrected chi connectivity index (χ1v) is 9.10. The number of nitrogens with one attached hydrogen (secondary N) is 1. The van der Waals surface area contributed by atoms with Crippen LogP contribution in [0, 0.1) is 4.77 Å². The third kappa shape index (κ3) is 3.50. The molecule has 4 rings (SSSR count). The Kier molecular flexibility index (Phi) is 4.87. The van der Waals surface area contributed by atoms with Gasteiger partial charge in [0.25, 0.3) is 11.5 Å². The van der Waals surface area contributed by atoms with Gasteiger partial charge in [0.15, 0.2) is 4.77 Å². The molecular weight excluding hydrogens is 372 g/mol. The van der Waals surface area contributed by atoms with Gasteiger partial charge in [0.05, 0.1) is 10.9 Å². The van der Waals surface area contributed by atoms with Crippen LogP contribution in [0.1, 0.15) is 15.9 Å². The molecule has 0 atom stereocenters. The first-order valence-electron chi connectivity index (χ1n) is 8.69. The molecule has 0 fully saturated rings. The van der Waals surface area contributed by atoms with Gasteiger partial charge in [-0.2, -0.15) is 0 Å². The van der Waals surface area contributed by atoms with Crippen molar-refractivity contribution in [2.75, 3.05) is 0 Å². The average Bonchev–Trinajstić information content (AvgIpc) is 2.73. The summed E-state index contributed by atoms with van der Waals surface area (Å²) in [5.41, 5.74) is 1.50. The van der Waals surface area contributed by atoms with Crippen molar-refractivity contribution >= 4 is 29.0 Å². The second-order valence-corrected chi connectivity index (χ2v) is 6.61. The van der Waals surface area contributed by atoms with Crippen molar-refractivity contribution in [3.63, 3.8) is 0 Å². The molecule has 138 valence electrons. The van der Waals surface area contributed by atoms with Crippen LogP contribution in [-0.2, 0) is 6.61 Å². The minimum atomic E-state index is -0.498. The molecule has 0 bridgehead atoms. The van der Waals surface area contributed by atoms with E-state index in [2.05, 4.69) is 4.98 Å². The summed E-state index contributed by atoms with van der Waals surface area (Å²) in [7, 11) is 0. The molecule has 0 aliphatic heterocycles. The largest absolute Gasteiger partial charge is 0.489 e. The third-order valence-electron chi connectivity index (χ3n) is 4.34. The molecule has 1 heterocycles. The van der Waals surface area contributed by atoms with Crippen LogP contribution in [0.4, 0.5) is 0 Å². The summed E-state index contributed by atoms with van der Waals surface area (Å²) in [6.07, 6.45) is 0. The van der Waals surface area contributed by atoms with E-state index in [0.717, 1.165) is 10.1 Å². The normalized spacial score (nSPS) is 10.7. The fraction of sp³-hybridized carbons (Fsp3) is 0.0455. The van der Waals surface area contributed by atoms with Crippen LogP contribution >= 0.6 is 12.2 Å². The number of H-pyrrole nitrogens is 1. The number of fused-ring (bicyclic) bond motifs is 1. The lowest BCUT2D eigenvalue weighted by molar-refractivity contribution is 0.0953. The Morgan fingerprint density at radius 1 is 0.964 bits per heavy atom. The van der Waals surface area contributed by atoms with Crippen LogP contribution in [0.15, 0.2) is 83.7 Å². The minimum absolute atomic E-state index is 0.0595. The second-order valence-electron chi connectivity index (χ2n) is 6.22. The van der Waals surface area contributed by atoms with Crippen molar-refractivity contribution < 1.29 is 9.53 Å². The Labute approximate surface area is 165 Å². The van der Waals surface area contributed by atoms with Crippen molar-refractivity contribution in [1.29, 1.82) is 0 Å². The van der Waals surface area contributed by atoms with Crippen molar-refractivity contribution in [2.24, 2.45) is 0 Å². The Balaban J connectivity index is 1.67. The van der Waals surface area contributed by atoms with Gasteiger partial charge in [-0.05, 0) is 48.1 Å². The van der Waals surface area contributed by atoms with Crippen LogP contribution < -0.4 is 10.3 Å². The highest BCUT2D eigenvalue weighted by atomic mass is 32.1. The molecule has 0 aliphatic rings. The zero-order valence-electron chi connectivity index (χ0n) is 14.8. The summed E-state index contributed by atoms with van der Waals surface area (Å²) in [4.78, 5) is 28.7. The molecule has 3 aromatic carbocycles. The lowest BCUT2D eigenvalue weighted by Crippen LogP contribution is -2.29. The van der Waals surface area contributed by atoms with Crippen molar-refractivity contribution in [3.05, 3.63) is 105 Å². The smallest absolute Gasteiger partial charge is 0.269 e. The van der Waals surface area contributed by atoms with Gasteiger partial charge in [0.2, 0.25) is 0 Å². The van der Waals surface area contributed by atoms with Gasteiger partial charge in [0, 0.05) is 5.56 Å². The number of ether oxygens (including phenoxy) is 1. The molecule has 0 amide bonds. The quantitative estimate of drug-likeness (QED) is 0.529. The number of benzene rings is 3. The predicted octanol–water partition coefficient (Wildman–Crippen LogP) is 4.33. The van der Waals surface area contributed by atoms with Crippen LogP contribution in [0.2, 0.25) is 0 Å². The average molecular weight is 388 g/mol. The second kappa shape index (κ2) is 7.62. The number of carbonyl (C=O) groups is 1. The number of aromatic amines is 1. The van der Waals surface area contributed by atoms with Crippen molar-refractivity contribution in [1.82, 2.24) is 9.55 Å². The first-order chi connectivity index (χ1) is 13.6. The van der Waals surface area contributed by atoms with E-state index < -0.39 is 11.5 Å². The monoisotopic (exact) mass is 388 g/mol.